The van der Waals surface area contributed by atoms with Gasteiger partial charge in [0.2, 0.25) is 0 Å². The molecule has 6 heteroatoms. The third kappa shape index (κ3) is 3.58. The van der Waals surface area contributed by atoms with Crippen molar-refractivity contribution >= 4 is 34.4 Å². The number of carbonyl (C=O) groups excluding carboxylic acids is 1. The van der Waals surface area contributed by atoms with Gasteiger partial charge in [-0.3, -0.25) is 9.69 Å². The molecule has 160 valence electrons. The molecule has 0 unspecified atom stereocenters. The van der Waals surface area contributed by atoms with Gasteiger partial charge >= 0.3 is 0 Å². The molecule has 0 saturated heterocycles. The molecule has 0 spiro atoms. The molecule has 31 heavy (non-hydrogen) atoms. The molecule has 0 radical (unpaired) electrons. The number of nitriles is 1. The maximum atomic E-state index is 13.5. The van der Waals surface area contributed by atoms with Crippen molar-refractivity contribution in [3.63, 3.8) is 0 Å². The van der Waals surface area contributed by atoms with Crippen LogP contribution in [-0.4, -0.2) is 5.78 Å². The molecule has 4 nitrogen and oxygen atoms in total. The summed E-state index contributed by atoms with van der Waals surface area (Å²) in [6, 6.07) is 12.1. The van der Waals surface area contributed by atoms with Gasteiger partial charge in [0.15, 0.2) is 5.78 Å². The van der Waals surface area contributed by atoms with Crippen molar-refractivity contribution in [2.24, 2.45) is 11.1 Å². The molecule has 0 bridgehead atoms. The predicted molar refractivity (Wildman–Crippen MR) is 127 cm³/mol. The summed E-state index contributed by atoms with van der Waals surface area (Å²) in [5.41, 5.74) is 10.2. The first-order valence-electron chi connectivity index (χ1n) is 10.5. The third-order valence-corrected chi connectivity index (χ3v) is 7.88. The predicted octanol–water partition coefficient (Wildman–Crippen LogP) is 6.21. The Labute approximate surface area is 192 Å². The van der Waals surface area contributed by atoms with Crippen molar-refractivity contribution in [2.75, 3.05) is 4.90 Å². The molecule has 1 aromatic heterocycles. The Morgan fingerprint density at radius 2 is 2.03 bits per heavy atom. The minimum Gasteiger partial charge on any atom is -0.384 e. The standard InChI is InChI=1S/C25H26ClN3OS/c1-5-15-9-10-21(31-15)22-16(13-27)24(28)29(18-8-6-7-17(26)14(18)2)19-11-25(3,4)12-20(30)23(19)22/h6-10,22H,5,11-12,28H2,1-4H3/t22-/m0/s1. The van der Waals surface area contributed by atoms with Gasteiger partial charge in [0.05, 0.1) is 23.2 Å². The highest BCUT2D eigenvalue weighted by atomic mass is 35.5. The van der Waals surface area contributed by atoms with Crippen LogP contribution in [0.3, 0.4) is 0 Å². The van der Waals surface area contributed by atoms with Crippen LogP contribution in [0.15, 0.2) is 53.0 Å². The van der Waals surface area contributed by atoms with E-state index >= 15 is 0 Å². The summed E-state index contributed by atoms with van der Waals surface area (Å²) < 4.78 is 0. The number of hydrogen-bond acceptors (Lipinski definition) is 5. The van der Waals surface area contributed by atoms with Crippen molar-refractivity contribution in [2.45, 2.75) is 52.9 Å². The second-order valence-electron chi connectivity index (χ2n) is 9.02. The first kappa shape index (κ1) is 21.7. The van der Waals surface area contributed by atoms with E-state index in [1.807, 2.05) is 36.1 Å². The Morgan fingerprint density at radius 1 is 1.29 bits per heavy atom. The molecule has 1 aromatic carbocycles. The van der Waals surface area contributed by atoms with Gasteiger partial charge in [0.25, 0.3) is 0 Å². The van der Waals surface area contributed by atoms with Crippen LogP contribution in [0.2, 0.25) is 5.02 Å². The molecule has 1 atom stereocenters. The first-order chi connectivity index (χ1) is 14.7. The normalized spacial score (nSPS) is 20.7. The van der Waals surface area contributed by atoms with E-state index in [9.17, 15) is 10.1 Å². The fraction of sp³-hybridized carbons (Fsp3) is 0.360. The van der Waals surface area contributed by atoms with Crippen molar-refractivity contribution in [1.29, 1.82) is 5.26 Å². The number of hydrogen-bond donors (Lipinski definition) is 1. The number of rotatable bonds is 3. The lowest BCUT2D eigenvalue weighted by Crippen LogP contribution is -2.42. The van der Waals surface area contributed by atoms with E-state index in [0.717, 1.165) is 28.2 Å². The number of ketones is 1. The Balaban J connectivity index is 2.01. The van der Waals surface area contributed by atoms with E-state index in [1.54, 1.807) is 11.3 Å². The smallest absolute Gasteiger partial charge is 0.162 e. The summed E-state index contributed by atoms with van der Waals surface area (Å²) in [6.45, 7) is 8.25. The number of benzene rings is 1. The molecule has 2 aromatic rings. The van der Waals surface area contributed by atoms with Gasteiger partial charge in [-0.2, -0.15) is 5.26 Å². The highest BCUT2D eigenvalue weighted by molar-refractivity contribution is 7.12. The fourth-order valence-corrected chi connectivity index (χ4v) is 5.89. The molecule has 1 aliphatic carbocycles. The average Bonchev–Trinajstić information content (AvgIpc) is 3.18. The van der Waals surface area contributed by atoms with Gasteiger partial charge in [0.1, 0.15) is 5.82 Å². The van der Waals surface area contributed by atoms with E-state index in [4.69, 9.17) is 17.3 Å². The van der Waals surface area contributed by atoms with E-state index in [-0.39, 0.29) is 11.2 Å². The van der Waals surface area contributed by atoms with Crippen LogP contribution in [0.1, 0.15) is 54.8 Å². The SMILES string of the molecule is CCc1ccc([C@@H]2C(C#N)=C(N)N(c3cccc(Cl)c3C)C3=C2C(=O)CC(C)(C)C3)s1. The van der Waals surface area contributed by atoms with E-state index in [2.05, 4.69) is 32.9 Å². The van der Waals surface area contributed by atoms with Gasteiger partial charge in [-0.15, -0.1) is 11.3 Å². The zero-order chi connectivity index (χ0) is 22.5. The molecule has 2 aliphatic rings. The van der Waals surface area contributed by atoms with Crippen LogP contribution in [0, 0.1) is 23.7 Å². The third-order valence-electron chi connectivity index (χ3n) is 6.18. The number of nitrogens with two attached hydrogens (primary N) is 1. The maximum absolute atomic E-state index is 13.5. The summed E-state index contributed by atoms with van der Waals surface area (Å²) in [5, 5.41) is 10.8. The molecule has 0 fully saturated rings. The number of anilines is 1. The Hall–Kier alpha value is -2.55. The zero-order valence-electron chi connectivity index (χ0n) is 18.3. The summed E-state index contributed by atoms with van der Waals surface area (Å²) >= 11 is 8.08. The average molecular weight is 452 g/mol. The minimum atomic E-state index is -0.412. The number of thiophene rings is 1. The maximum Gasteiger partial charge on any atom is 0.162 e. The molecule has 0 saturated carbocycles. The zero-order valence-corrected chi connectivity index (χ0v) is 19.8. The van der Waals surface area contributed by atoms with Crippen LogP contribution in [-0.2, 0) is 11.2 Å². The second-order valence-corrected chi connectivity index (χ2v) is 10.6. The number of carbonyl (C=O) groups is 1. The second kappa shape index (κ2) is 7.85. The highest BCUT2D eigenvalue weighted by Gasteiger charge is 2.45. The van der Waals surface area contributed by atoms with Crippen LogP contribution in [0.5, 0.6) is 0 Å². The monoisotopic (exact) mass is 451 g/mol. The highest BCUT2D eigenvalue weighted by Crippen LogP contribution is 2.51. The van der Waals surface area contributed by atoms with Crippen molar-refractivity contribution in [3.8, 4) is 6.07 Å². The summed E-state index contributed by atoms with van der Waals surface area (Å²) in [4.78, 5) is 17.6. The Kier molecular flexibility index (Phi) is 5.49. The summed E-state index contributed by atoms with van der Waals surface area (Å²) in [7, 11) is 0. The lowest BCUT2D eigenvalue weighted by molar-refractivity contribution is -0.118. The molecule has 1 aliphatic heterocycles. The van der Waals surface area contributed by atoms with Crippen LogP contribution in [0.4, 0.5) is 5.69 Å². The number of aryl methyl sites for hydroxylation is 1. The lowest BCUT2D eigenvalue weighted by atomic mass is 9.69. The Morgan fingerprint density at radius 3 is 2.68 bits per heavy atom. The van der Waals surface area contributed by atoms with Gasteiger partial charge in [-0.25, -0.2) is 0 Å². The number of halogens is 1. The molecule has 4 rings (SSSR count). The van der Waals surface area contributed by atoms with Crippen molar-refractivity contribution in [3.05, 3.63) is 73.3 Å². The topological polar surface area (TPSA) is 70.1 Å². The summed E-state index contributed by atoms with van der Waals surface area (Å²) in [6.07, 6.45) is 2.07. The molecular formula is C25H26ClN3OS. The van der Waals surface area contributed by atoms with Crippen LogP contribution >= 0.6 is 22.9 Å². The Bertz CT molecular complexity index is 1180. The lowest BCUT2D eigenvalue weighted by Gasteiger charge is -2.44. The fourth-order valence-electron chi connectivity index (χ4n) is 4.65. The minimum absolute atomic E-state index is 0.0904. The molecule has 2 heterocycles. The number of allylic oxidation sites excluding steroid dienone is 3. The van der Waals surface area contributed by atoms with E-state index in [1.165, 1.54) is 4.88 Å². The van der Waals surface area contributed by atoms with Crippen LogP contribution in [0.25, 0.3) is 0 Å². The largest absolute Gasteiger partial charge is 0.384 e. The first-order valence-corrected chi connectivity index (χ1v) is 11.7. The van der Waals surface area contributed by atoms with Gasteiger partial charge in [-0.05, 0) is 55.0 Å². The number of Topliss-reactive ketones (excluding diaryl/α,β-unsaturated/α-hetero) is 1. The molecule has 0 amide bonds. The molecule has 2 N–H and O–H groups in total. The number of nitrogens with zero attached hydrogens (tertiary/aromatic N) is 2. The van der Waals surface area contributed by atoms with Crippen LogP contribution < -0.4 is 10.6 Å². The van der Waals surface area contributed by atoms with Gasteiger partial charge in [-0.1, -0.05) is 38.4 Å². The van der Waals surface area contributed by atoms with E-state index < -0.39 is 5.92 Å². The van der Waals surface area contributed by atoms with Crippen molar-refractivity contribution < 1.29 is 4.79 Å². The molecular weight excluding hydrogens is 426 g/mol. The van der Waals surface area contributed by atoms with Gasteiger partial charge in [0, 0.05) is 32.5 Å². The van der Waals surface area contributed by atoms with Gasteiger partial charge < -0.3 is 5.73 Å². The quantitative estimate of drug-likeness (QED) is 0.601. The van der Waals surface area contributed by atoms with E-state index in [0.29, 0.717) is 34.8 Å². The summed E-state index contributed by atoms with van der Waals surface area (Å²) in [5.74, 6) is 0.0610. The van der Waals surface area contributed by atoms with Crippen molar-refractivity contribution in [1.82, 2.24) is 0 Å².